The zero-order chi connectivity index (χ0) is 51.4. The molecule has 0 spiro atoms. The number of fused-ring (bicyclic) bond motifs is 2. The first-order valence-corrected chi connectivity index (χ1v) is 25.2. The molecule has 10 rings (SSSR count). The predicted molar refractivity (Wildman–Crippen MR) is 306 cm³/mol. The molecule has 6 heterocycles. The Morgan fingerprint density at radius 3 is 1.51 bits per heavy atom. The lowest BCUT2D eigenvalue weighted by atomic mass is 10.1. The maximum absolute atomic E-state index is 13.2. The van der Waals surface area contributed by atoms with Crippen molar-refractivity contribution in [2.75, 3.05) is 93.6 Å². The fourth-order valence-corrected chi connectivity index (χ4v) is 9.67. The number of likely N-dealkylation sites (N-methyl/N-ethyl adjacent to an activating group) is 2. The van der Waals surface area contributed by atoms with E-state index in [1.165, 1.54) is 41.1 Å². The van der Waals surface area contributed by atoms with Gasteiger partial charge in [0.25, 0.3) is 11.1 Å². The van der Waals surface area contributed by atoms with E-state index in [4.69, 9.17) is 28.9 Å². The molecule has 2 fully saturated rings. The van der Waals surface area contributed by atoms with Gasteiger partial charge in [0, 0.05) is 87.5 Å². The van der Waals surface area contributed by atoms with E-state index in [2.05, 4.69) is 94.9 Å². The van der Waals surface area contributed by atoms with Crippen LogP contribution in [-0.2, 0) is 0 Å². The number of aryl methyl sites for hydroxylation is 4. The van der Waals surface area contributed by atoms with Crippen molar-refractivity contribution in [3.63, 3.8) is 0 Å². The number of nitrogens with two attached hydrogens (primary N) is 1. The summed E-state index contributed by atoms with van der Waals surface area (Å²) in [5.41, 5.74) is 12.7. The molecular weight excluding hydrogens is 1000 g/mol. The number of aromatic nitrogens is 8. The third-order valence-electron chi connectivity index (χ3n) is 12.6. The van der Waals surface area contributed by atoms with Crippen LogP contribution in [0.1, 0.15) is 37.1 Å². The van der Waals surface area contributed by atoms with Gasteiger partial charge in [0.05, 0.1) is 21.4 Å². The number of hydrogen-bond donors (Lipinski definition) is 4. The molecule has 74 heavy (non-hydrogen) atoms. The minimum Gasteiger partial charge on any atom is -0.399 e. The fourth-order valence-electron chi connectivity index (χ4n) is 8.71. The van der Waals surface area contributed by atoms with Crippen molar-refractivity contribution in [3.05, 3.63) is 159 Å². The van der Waals surface area contributed by atoms with Crippen molar-refractivity contribution in [2.24, 2.45) is 0 Å². The summed E-state index contributed by atoms with van der Waals surface area (Å²) in [4.78, 5) is 82.7. The van der Waals surface area contributed by atoms with Gasteiger partial charge in [-0.3, -0.25) is 19.6 Å². The largest absolute Gasteiger partial charge is 0.399 e. The van der Waals surface area contributed by atoms with E-state index < -0.39 is 22.5 Å². The van der Waals surface area contributed by atoms with Crippen LogP contribution in [0.15, 0.2) is 110 Å². The Morgan fingerprint density at radius 2 is 1.05 bits per heavy atom. The van der Waals surface area contributed by atoms with E-state index in [0.717, 1.165) is 84.0 Å². The topological polar surface area (TPSA) is 212 Å². The first-order chi connectivity index (χ1) is 34.5. The highest BCUT2D eigenvalue weighted by Gasteiger charge is 2.20. The van der Waals surface area contributed by atoms with Crippen LogP contribution in [0.3, 0.4) is 0 Å². The Kier molecular flexibility index (Phi) is 18.5. The summed E-state index contributed by atoms with van der Waals surface area (Å²) >= 11 is 13.8. The number of H-pyrrole nitrogens is 2. The molecule has 0 atom stereocenters. The van der Waals surface area contributed by atoms with Crippen molar-refractivity contribution in [3.8, 4) is 11.4 Å². The second-order valence-corrected chi connectivity index (χ2v) is 19.4. The standard InChI is InChI=1S/C25H26ClN7O2.C14H11ClN4O2S.C12H19N3.2CH4/c1-15-5-4-6-19(26)21(15)33-23(34)18-14-27-24(29-22(18)30-25(33)35)28-17-7-8-20(16(2)13-17)32-11-9-31(3)10-12-32;1-7-4-3-5-9(15)10(7)19-12(20)8-6-16-13(22-2)17-11(8)18-14(19)21;1-10-9-11(13)3-4-12(10)15-7-5-14(2)6-8-15;;/h4-8,13-14H,9-12H2,1-3H3,(H2,27,28,29,30,35);3-6H,1-2H3,(H,16,17,18,21);3-4,9H,5-8,13H2,1-2H3;2*1H4. The molecule has 4 aromatic carbocycles. The summed E-state index contributed by atoms with van der Waals surface area (Å²) < 4.78 is 2.04. The van der Waals surface area contributed by atoms with Crippen molar-refractivity contribution in [1.29, 1.82) is 0 Å². The average Bonchev–Trinajstić information content (AvgIpc) is 3.34. The Morgan fingerprint density at radius 1 is 0.595 bits per heavy atom. The SMILES string of the molecule is C.C.CSc1ncc2c(=O)n(-c3c(C)cccc3Cl)c(=O)[nH]c2n1.Cc1cc(N)ccc1N1CCN(C)CC1.Cc1cc(Nc2ncc3c(=O)n(-c4c(C)cccc4Cl)c(=O)[nH]c3n2)ccc1N1CCN(C)CC1. The number of thioether (sulfide) groups is 1. The summed E-state index contributed by atoms with van der Waals surface area (Å²) in [6, 6.07) is 22.7. The molecule has 2 aliphatic rings. The van der Waals surface area contributed by atoms with Crippen LogP contribution in [-0.4, -0.2) is 122 Å². The van der Waals surface area contributed by atoms with Crippen LogP contribution in [0.2, 0.25) is 10.0 Å². The van der Waals surface area contributed by atoms with Gasteiger partial charge < -0.3 is 30.7 Å². The monoisotopic (exact) mass is 1060 g/mol. The van der Waals surface area contributed by atoms with Gasteiger partial charge >= 0.3 is 11.4 Å². The third-order valence-corrected chi connectivity index (χ3v) is 13.8. The lowest BCUT2D eigenvalue weighted by molar-refractivity contribution is 0.312. The van der Waals surface area contributed by atoms with Crippen LogP contribution in [0.25, 0.3) is 33.4 Å². The maximum atomic E-state index is 13.2. The number of nitrogens with one attached hydrogen (secondary N) is 3. The zero-order valence-electron chi connectivity index (χ0n) is 41.1. The van der Waals surface area contributed by atoms with Crippen LogP contribution in [0.4, 0.5) is 28.7 Å². The molecule has 0 amide bonds. The van der Waals surface area contributed by atoms with Gasteiger partial charge in [-0.1, -0.05) is 74.1 Å². The molecule has 0 unspecified atom stereocenters. The number of piperazine rings is 2. The highest BCUT2D eigenvalue weighted by atomic mass is 35.5. The summed E-state index contributed by atoms with van der Waals surface area (Å²) in [5, 5.41) is 4.72. The van der Waals surface area contributed by atoms with Gasteiger partial charge in [0.1, 0.15) is 10.8 Å². The number of rotatable bonds is 7. The van der Waals surface area contributed by atoms with E-state index in [-0.39, 0.29) is 42.9 Å². The Labute approximate surface area is 444 Å². The number of nitrogen functional groups attached to an aromatic ring is 1. The first-order valence-electron chi connectivity index (χ1n) is 23.2. The smallest absolute Gasteiger partial charge is 0.334 e. The van der Waals surface area contributed by atoms with Crippen molar-refractivity contribution in [2.45, 2.75) is 47.7 Å². The summed E-state index contributed by atoms with van der Waals surface area (Å²) in [5.74, 6) is 0.283. The number of anilines is 5. The fraction of sp³-hybridized carbons (Fsp3) is 0.321. The van der Waals surface area contributed by atoms with Crippen molar-refractivity contribution < 1.29 is 0 Å². The second kappa shape index (κ2) is 24.3. The molecule has 4 aromatic heterocycles. The quantitative estimate of drug-likeness (QED) is 0.0677. The van der Waals surface area contributed by atoms with E-state index >= 15 is 0 Å². The number of halogens is 2. The van der Waals surface area contributed by atoms with E-state index in [9.17, 15) is 19.2 Å². The Hall–Kier alpha value is -7.03. The molecule has 18 nitrogen and oxygen atoms in total. The van der Waals surface area contributed by atoms with E-state index in [1.54, 1.807) is 50.2 Å². The van der Waals surface area contributed by atoms with Gasteiger partial charge in [-0.25, -0.2) is 33.7 Å². The number of aromatic amines is 2. The number of nitrogens with zero attached hydrogens (tertiary/aromatic N) is 10. The van der Waals surface area contributed by atoms with Crippen LogP contribution in [0, 0.1) is 27.7 Å². The summed E-state index contributed by atoms with van der Waals surface area (Å²) in [6.45, 7) is 16.4. The molecule has 8 aromatic rings. The molecule has 0 radical (unpaired) electrons. The van der Waals surface area contributed by atoms with Gasteiger partial charge in [0.2, 0.25) is 5.95 Å². The molecule has 2 saturated heterocycles. The predicted octanol–water partition coefficient (Wildman–Crippen LogP) is 7.99. The highest BCUT2D eigenvalue weighted by Crippen LogP contribution is 2.28. The summed E-state index contributed by atoms with van der Waals surface area (Å²) in [6.07, 6.45) is 4.64. The molecule has 2 aliphatic heterocycles. The second-order valence-electron chi connectivity index (χ2n) is 17.8. The van der Waals surface area contributed by atoms with Gasteiger partial charge in [-0.2, -0.15) is 4.98 Å². The Balaban J connectivity index is 0.000000196. The van der Waals surface area contributed by atoms with Crippen molar-refractivity contribution >= 4 is 85.7 Å². The van der Waals surface area contributed by atoms with E-state index in [0.29, 0.717) is 32.1 Å². The lowest BCUT2D eigenvalue weighted by Crippen LogP contribution is -2.44. The maximum Gasteiger partial charge on any atom is 0.334 e. The average molecular weight is 1060 g/mol. The molecule has 5 N–H and O–H groups in total. The third kappa shape index (κ3) is 12.3. The molecule has 0 saturated carbocycles. The normalized spacial score (nSPS) is 13.8. The van der Waals surface area contributed by atoms with Crippen molar-refractivity contribution in [1.82, 2.24) is 48.8 Å². The zero-order valence-corrected chi connectivity index (χ0v) is 43.4. The number of para-hydroxylation sites is 2. The number of hydrogen-bond acceptors (Lipinski definition) is 15. The molecule has 390 valence electrons. The van der Waals surface area contributed by atoms with Gasteiger partial charge in [-0.15, -0.1) is 0 Å². The van der Waals surface area contributed by atoms with Crippen LogP contribution < -0.4 is 43.3 Å². The van der Waals surface area contributed by atoms with Crippen LogP contribution >= 0.6 is 35.0 Å². The Bertz CT molecular complexity index is 3510. The first kappa shape index (κ1) is 56.3. The lowest BCUT2D eigenvalue weighted by Gasteiger charge is -2.35. The van der Waals surface area contributed by atoms with E-state index in [1.807, 2.05) is 30.5 Å². The highest BCUT2D eigenvalue weighted by molar-refractivity contribution is 7.98. The van der Waals surface area contributed by atoms with Gasteiger partial charge in [0.15, 0.2) is 16.5 Å². The minimum atomic E-state index is -0.615. The van der Waals surface area contributed by atoms with Gasteiger partial charge in [-0.05, 0) is 119 Å². The summed E-state index contributed by atoms with van der Waals surface area (Å²) in [7, 11) is 4.31. The molecular formula is C53H64Cl2N14O4S. The molecule has 21 heteroatoms. The number of benzene rings is 4. The minimum absolute atomic E-state index is 0. The van der Waals surface area contributed by atoms with Crippen LogP contribution in [0.5, 0.6) is 0 Å². The molecule has 0 bridgehead atoms. The molecule has 0 aliphatic carbocycles.